The fraction of sp³-hybridized carbons (Fsp3) is 0.516. The Hall–Kier alpha value is -2.25. The summed E-state index contributed by atoms with van der Waals surface area (Å²) in [7, 11) is -2.74. The topological polar surface area (TPSA) is 65.0 Å². The number of rotatable bonds is 9. The third-order valence-electron chi connectivity index (χ3n) is 6.91. The van der Waals surface area contributed by atoms with E-state index in [0.29, 0.717) is 12.8 Å². The molecule has 0 aromatic heterocycles. The molecule has 0 bridgehead atoms. The SMILES string of the molecule is CC[C@@H](O[Si](c1ccccc1)(c1ccccc1)C(C)(C)C)[C@H]1C[C@H](C/C=C/C(=O)OC(C)(C)C)C(O)O1. The number of aliphatic hydroxyl groups is 1. The molecule has 0 aliphatic carbocycles. The van der Waals surface area contributed by atoms with Gasteiger partial charge in [0.25, 0.3) is 8.32 Å². The zero-order valence-corrected chi connectivity index (χ0v) is 24.4. The van der Waals surface area contributed by atoms with E-state index in [4.69, 9.17) is 13.9 Å². The summed E-state index contributed by atoms with van der Waals surface area (Å²) >= 11 is 0. The van der Waals surface area contributed by atoms with Crippen molar-refractivity contribution in [3.05, 3.63) is 72.8 Å². The Balaban J connectivity index is 1.84. The summed E-state index contributed by atoms with van der Waals surface area (Å²) in [6.07, 6.45) is 3.87. The Kier molecular flexibility index (Phi) is 9.56. The number of carbonyl (C=O) groups is 1. The highest BCUT2D eigenvalue weighted by atomic mass is 28.4. The molecule has 1 fully saturated rings. The highest BCUT2D eigenvalue weighted by molar-refractivity contribution is 6.99. The van der Waals surface area contributed by atoms with Crippen molar-refractivity contribution in [2.45, 2.75) is 96.9 Å². The van der Waals surface area contributed by atoms with Crippen LogP contribution < -0.4 is 10.4 Å². The molecule has 3 rings (SSSR count). The highest BCUT2D eigenvalue weighted by Crippen LogP contribution is 2.40. The number of allylic oxidation sites excluding steroid dienone is 1. The lowest BCUT2D eigenvalue weighted by molar-refractivity contribution is -0.148. The van der Waals surface area contributed by atoms with E-state index in [1.165, 1.54) is 16.4 Å². The highest BCUT2D eigenvalue weighted by Gasteiger charge is 2.53. The molecule has 0 spiro atoms. The summed E-state index contributed by atoms with van der Waals surface area (Å²) in [5, 5.41) is 13.0. The molecule has 37 heavy (non-hydrogen) atoms. The smallest absolute Gasteiger partial charge is 0.330 e. The van der Waals surface area contributed by atoms with Crippen molar-refractivity contribution < 1.29 is 23.8 Å². The molecule has 202 valence electrons. The van der Waals surface area contributed by atoms with Crippen molar-refractivity contribution >= 4 is 24.7 Å². The second-order valence-electron chi connectivity index (χ2n) is 12.0. The van der Waals surface area contributed by atoms with E-state index >= 15 is 0 Å². The minimum Gasteiger partial charge on any atom is -0.457 e. The summed E-state index contributed by atoms with van der Waals surface area (Å²) in [5.41, 5.74) is -0.533. The van der Waals surface area contributed by atoms with Crippen LogP contribution in [0.5, 0.6) is 0 Å². The van der Waals surface area contributed by atoms with Crippen LogP contribution in [0.4, 0.5) is 0 Å². The van der Waals surface area contributed by atoms with Gasteiger partial charge in [-0.1, -0.05) is 94.4 Å². The van der Waals surface area contributed by atoms with Gasteiger partial charge in [-0.15, -0.1) is 0 Å². The maximum atomic E-state index is 12.0. The van der Waals surface area contributed by atoms with Crippen LogP contribution in [0, 0.1) is 5.92 Å². The summed E-state index contributed by atoms with van der Waals surface area (Å²) in [6.45, 7) is 14.4. The van der Waals surface area contributed by atoms with Gasteiger partial charge in [0.2, 0.25) is 0 Å². The molecule has 1 N–H and O–H groups in total. The molecule has 0 radical (unpaired) electrons. The van der Waals surface area contributed by atoms with Crippen molar-refractivity contribution in [1.29, 1.82) is 0 Å². The molecule has 2 aromatic carbocycles. The van der Waals surface area contributed by atoms with E-state index in [1.807, 2.05) is 32.9 Å². The van der Waals surface area contributed by atoms with Crippen molar-refractivity contribution in [2.75, 3.05) is 0 Å². The van der Waals surface area contributed by atoms with Crippen LogP contribution in [-0.2, 0) is 18.7 Å². The first kappa shape index (κ1) is 29.3. The van der Waals surface area contributed by atoms with Gasteiger partial charge in [0.05, 0.1) is 12.2 Å². The molecule has 4 atom stereocenters. The van der Waals surface area contributed by atoms with Gasteiger partial charge >= 0.3 is 5.97 Å². The molecule has 0 amide bonds. The monoisotopic (exact) mass is 524 g/mol. The molecule has 1 heterocycles. The summed E-state index contributed by atoms with van der Waals surface area (Å²) in [6, 6.07) is 21.2. The van der Waals surface area contributed by atoms with Gasteiger partial charge < -0.3 is 19.0 Å². The molecule has 5 nitrogen and oxygen atoms in total. The van der Waals surface area contributed by atoms with E-state index in [9.17, 15) is 9.90 Å². The molecule has 0 saturated carbocycles. The third kappa shape index (κ3) is 7.20. The fourth-order valence-electron chi connectivity index (χ4n) is 5.23. The Bertz CT molecular complexity index is 984. The Morgan fingerprint density at radius 3 is 2.03 bits per heavy atom. The second-order valence-corrected chi connectivity index (χ2v) is 16.2. The molecule has 2 aromatic rings. The molecular weight excluding hydrogens is 480 g/mol. The molecule has 1 aliphatic heterocycles. The lowest BCUT2D eigenvalue weighted by atomic mass is 9.97. The largest absolute Gasteiger partial charge is 0.457 e. The van der Waals surface area contributed by atoms with Crippen LogP contribution in [0.25, 0.3) is 0 Å². The lowest BCUT2D eigenvalue weighted by Gasteiger charge is -2.46. The van der Waals surface area contributed by atoms with Crippen molar-refractivity contribution in [3.63, 3.8) is 0 Å². The fourth-order valence-corrected chi connectivity index (χ4v) is 10.0. The first-order valence-electron chi connectivity index (χ1n) is 13.4. The van der Waals surface area contributed by atoms with Crippen LogP contribution in [0.15, 0.2) is 72.8 Å². The van der Waals surface area contributed by atoms with E-state index in [1.54, 1.807) is 6.08 Å². The van der Waals surface area contributed by atoms with Crippen LogP contribution >= 0.6 is 0 Å². The number of hydrogen-bond acceptors (Lipinski definition) is 5. The predicted molar refractivity (Wildman–Crippen MR) is 151 cm³/mol. The van der Waals surface area contributed by atoms with Crippen molar-refractivity contribution in [2.24, 2.45) is 5.92 Å². The summed E-state index contributed by atoms with van der Waals surface area (Å²) < 4.78 is 18.8. The summed E-state index contributed by atoms with van der Waals surface area (Å²) in [5.74, 6) is -0.487. The van der Waals surface area contributed by atoms with Crippen molar-refractivity contribution in [3.8, 4) is 0 Å². The van der Waals surface area contributed by atoms with Crippen LogP contribution in [0.3, 0.4) is 0 Å². The minimum absolute atomic E-state index is 0.111. The number of carbonyl (C=O) groups excluding carboxylic acids is 1. The standard InChI is InChI=1S/C31H44O5Si/c1-8-26(27-22-23(29(33)34-27)16-15-21-28(32)35-30(2,3)4)36-37(31(5,6)7,24-17-11-9-12-18-24)25-19-13-10-14-20-25/h9-15,17-21,23,26-27,29,33H,8,16,22H2,1-7H3/b21-15+/t23-,26+,27+,29?/m0/s1. The maximum Gasteiger partial charge on any atom is 0.330 e. The maximum absolute atomic E-state index is 12.0. The molecule has 1 saturated heterocycles. The Labute approximate surface area is 224 Å². The van der Waals surface area contributed by atoms with Gasteiger partial charge in [-0.2, -0.15) is 0 Å². The van der Waals surface area contributed by atoms with Crippen molar-refractivity contribution in [1.82, 2.24) is 0 Å². The first-order valence-corrected chi connectivity index (χ1v) is 15.3. The Morgan fingerprint density at radius 2 is 1.57 bits per heavy atom. The van der Waals surface area contributed by atoms with Gasteiger partial charge in [0, 0.05) is 12.0 Å². The normalized spacial score (nSPS) is 21.8. The minimum atomic E-state index is -2.74. The Morgan fingerprint density at radius 1 is 1.03 bits per heavy atom. The number of hydrogen-bond donors (Lipinski definition) is 1. The van der Waals surface area contributed by atoms with E-state index < -0.39 is 20.2 Å². The van der Waals surface area contributed by atoms with Gasteiger partial charge in [0.15, 0.2) is 6.29 Å². The summed E-state index contributed by atoms with van der Waals surface area (Å²) in [4.78, 5) is 12.0. The van der Waals surface area contributed by atoms with Gasteiger partial charge in [0.1, 0.15) is 5.60 Å². The zero-order chi connectivity index (χ0) is 27.3. The van der Waals surface area contributed by atoms with Gasteiger partial charge in [-0.05, 0) is 55.4 Å². The lowest BCUT2D eigenvalue weighted by Crippen LogP contribution is -2.68. The molecule has 1 aliphatic rings. The second kappa shape index (κ2) is 12.1. The number of ether oxygens (including phenoxy) is 2. The van der Waals surface area contributed by atoms with E-state index in [2.05, 4.69) is 76.2 Å². The van der Waals surface area contributed by atoms with Crippen LogP contribution in [0.1, 0.15) is 67.7 Å². The first-order chi connectivity index (χ1) is 17.4. The van der Waals surface area contributed by atoms with Gasteiger partial charge in [-0.3, -0.25) is 0 Å². The van der Waals surface area contributed by atoms with E-state index in [-0.39, 0.29) is 29.1 Å². The molecular formula is C31H44O5Si. The number of benzene rings is 2. The average Bonchev–Trinajstić information content (AvgIpc) is 3.19. The van der Waals surface area contributed by atoms with E-state index in [0.717, 1.165) is 6.42 Å². The van der Waals surface area contributed by atoms with Gasteiger partial charge in [-0.25, -0.2) is 4.79 Å². The molecule has 1 unspecified atom stereocenters. The van der Waals surface area contributed by atoms with Crippen LogP contribution in [-0.4, -0.2) is 43.5 Å². The zero-order valence-electron chi connectivity index (χ0n) is 23.4. The predicted octanol–water partition coefficient (Wildman–Crippen LogP) is 5.35. The quantitative estimate of drug-likeness (QED) is 0.272. The third-order valence-corrected chi connectivity index (χ3v) is 12.0. The number of aliphatic hydroxyl groups excluding tert-OH is 1. The molecule has 6 heteroatoms. The average molecular weight is 525 g/mol. The van der Waals surface area contributed by atoms with Crippen LogP contribution in [0.2, 0.25) is 5.04 Å². The number of esters is 1.